The van der Waals surface area contributed by atoms with Gasteiger partial charge in [0.15, 0.2) is 0 Å². The highest BCUT2D eigenvalue weighted by Crippen LogP contribution is 2.41. The van der Waals surface area contributed by atoms with E-state index in [1.807, 2.05) is 4.90 Å². The molecule has 3 heterocycles. The van der Waals surface area contributed by atoms with Gasteiger partial charge in [0.05, 0.1) is 13.2 Å². The van der Waals surface area contributed by atoms with Crippen molar-refractivity contribution in [3.05, 3.63) is 82.4 Å². The van der Waals surface area contributed by atoms with Crippen LogP contribution >= 0.6 is 11.6 Å². The molecule has 0 aliphatic carbocycles. The van der Waals surface area contributed by atoms with Gasteiger partial charge in [-0.15, -0.1) is 0 Å². The van der Waals surface area contributed by atoms with Crippen LogP contribution in [0.2, 0.25) is 5.02 Å². The first kappa shape index (κ1) is 26.8. The Bertz CT molecular complexity index is 1380. The minimum absolute atomic E-state index is 0.00787. The molecule has 2 aromatic carbocycles. The van der Waals surface area contributed by atoms with Crippen molar-refractivity contribution in [1.82, 2.24) is 10.3 Å². The minimum atomic E-state index is -1.29. The van der Waals surface area contributed by atoms with Gasteiger partial charge in [0.2, 0.25) is 0 Å². The van der Waals surface area contributed by atoms with Crippen LogP contribution in [-0.4, -0.2) is 60.3 Å². The maximum Gasteiger partial charge on any atom is 0.251 e. The van der Waals surface area contributed by atoms with Crippen LogP contribution in [0.15, 0.2) is 54.6 Å². The third-order valence-corrected chi connectivity index (χ3v) is 7.51. The monoisotopic (exact) mass is 556 g/mol. The third-order valence-electron chi connectivity index (χ3n) is 7.26. The second-order valence-corrected chi connectivity index (χ2v) is 10.1. The predicted molar refractivity (Wildman–Crippen MR) is 142 cm³/mol. The van der Waals surface area contributed by atoms with Crippen LogP contribution in [0.3, 0.4) is 0 Å². The van der Waals surface area contributed by atoms with Crippen LogP contribution in [0.5, 0.6) is 5.75 Å². The second kappa shape index (κ2) is 10.8. The molecule has 0 radical (unpaired) electrons. The van der Waals surface area contributed by atoms with Crippen molar-refractivity contribution in [3.8, 4) is 5.75 Å². The number of hydrogen-bond donors (Lipinski definition) is 2. The number of rotatable bonds is 6. The molecule has 2 aliphatic rings. The van der Waals surface area contributed by atoms with Gasteiger partial charge in [-0.3, -0.25) is 14.5 Å². The van der Waals surface area contributed by atoms with E-state index in [4.69, 9.17) is 16.3 Å². The van der Waals surface area contributed by atoms with Crippen molar-refractivity contribution in [3.63, 3.8) is 0 Å². The van der Waals surface area contributed by atoms with Gasteiger partial charge in [0.25, 0.3) is 11.8 Å². The van der Waals surface area contributed by atoms with Crippen molar-refractivity contribution < 1.29 is 28.2 Å². The molecule has 0 unspecified atom stereocenters. The number of ether oxygens (including phenoxy) is 1. The van der Waals surface area contributed by atoms with Gasteiger partial charge < -0.3 is 20.1 Å². The molecule has 2 aliphatic heterocycles. The summed E-state index contributed by atoms with van der Waals surface area (Å²) >= 11 is 5.94. The zero-order valence-electron chi connectivity index (χ0n) is 21.3. The average Bonchev–Trinajstić information content (AvgIpc) is 3.45. The summed E-state index contributed by atoms with van der Waals surface area (Å²) in [6.07, 6.45) is 0.127. The lowest BCUT2D eigenvalue weighted by molar-refractivity contribution is -0.118. The van der Waals surface area contributed by atoms with Crippen LogP contribution < -0.4 is 19.9 Å². The van der Waals surface area contributed by atoms with E-state index in [2.05, 4.69) is 10.3 Å². The van der Waals surface area contributed by atoms with E-state index in [0.717, 1.165) is 12.1 Å². The molecule has 204 valence electrons. The highest BCUT2D eigenvalue weighted by atomic mass is 35.5. The lowest BCUT2D eigenvalue weighted by Gasteiger charge is -2.26. The SMILES string of the molecule is COc1cc(F)c([C@H]2[C@H](NC(=O)c3ccc(Cl)cc3)C(=O)N(c3cccc(N4CC[C@@H](O)C4)n3)[C@@H]2C)c(F)c1. The Morgan fingerprint density at radius 2 is 1.79 bits per heavy atom. The fraction of sp³-hybridized carbons (Fsp3) is 0.321. The maximum atomic E-state index is 15.3. The first-order valence-electron chi connectivity index (χ1n) is 12.5. The van der Waals surface area contributed by atoms with E-state index in [0.29, 0.717) is 30.4 Å². The maximum absolute atomic E-state index is 15.3. The number of aliphatic hydroxyl groups excluding tert-OH is 1. The molecule has 39 heavy (non-hydrogen) atoms. The van der Waals surface area contributed by atoms with Crippen LogP contribution in [0.1, 0.15) is 35.2 Å². The zero-order valence-corrected chi connectivity index (χ0v) is 22.0. The number of pyridine rings is 1. The quantitative estimate of drug-likeness (QED) is 0.478. The molecule has 8 nitrogen and oxygen atoms in total. The Morgan fingerprint density at radius 3 is 2.41 bits per heavy atom. The largest absolute Gasteiger partial charge is 0.497 e. The summed E-state index contributed by atoms with van der Waals surface area (Å²) in [4.78, 5) is 34.9. The molecule has 2 N–H and O–H groups in total. The highest BCUT2D eigenvalue weighted by molar-refractivity contribution is 6.30. The van der Waals surface area contributed by atoms with Gasteiger partial charge in [-0.25, -0.2) is 13.8 Å². The number of benzene rings is 2. The topological polar surface area (TPSA) is 95.0 Å². The van der Waals surface area contributed by atoms with Gasteiger partial charge in [-0.2, -0.15) is 0 Å². The van der Waals surface area contributed by atoms with Crippen molar-refractivity contribution in [2.24, 2.45) is 0 Å². The molecular formula is C28H27ClF2N4O4. The fourth-order valence-corrected chi connectivity index (χ4v) is 5.45. The normalized spacial score (nSPS) is 22.9. The molecule has 4 atom stereocenters. The predicted octanol–water partition coefficient (Wildman–Crippen LogP) is 3.91. The van der Waals surface area contributed by atoms with Crippen molar-refractivity contribution in [2.75, 3.05) is 30.0 Å². The number of aliphatic hydroxyl groups is 1. The summed E-state index contributed by atoms with van der Waals surface area (Å²) in [5, 5.41) is 13.1. The third kappa shape index (κ3) is 5.14. The minimum Gasteiger partial charge on any atom is -0.497 e. The Hall–Kier alpha value is -3.76. The number of nitrogens with one attached hydrogen (secondary N) is 1. The number of hydrogen-bond acceptors (Lipinski definition) is 6. The van der Waals surface area contributed by atoms with Crippen molar-refractivity contribution >= 4 is 35.1 Å². The van der Waals surface area contributed by atoms with E-state index in [1.165, 1.54) is 36.3 Å². The molecule has 2 amide bonds. The Morgan fingerprint density at radius 1 is 1.13 bits per heavy atom. The number of carbonyl (C=O) groups excluding carboxylic acids is 2. The summed E-state index contributed by atoms with van der Waals surface area (Å²) in [5.74, 6) is -3.19. The Balaban J connectivity index is 1.55. The number of amides is 2. The van der Waals surface area contributed by atoms with Gasteiger partial charge in [-0.1, -0.05) is 17.7 Å². The number of β-amino-alcohol motifs (C(OH)–C–C–N with tert-alkyl or cyclic N) is 1. The zero-order chi connectivity index (χ0) is 27.8. The molecule has 5 rings (SSSR count). The molecule has 2 saturated heterocycles. The first-order valence-corrected chi connectivity index (χ1v) is 12.9. The molecule has 3 aromatic rings. The van der Waals surface area contributed by atoms with E-state index < -0.39 is 47.6 Å². The Labute approximate surface area is 229 Å². The molecule has 0 bridgehead atoms. The van der Waals surface area contributed by atoms with Crippen LogP contribution in [0, 0.1) is 11.6 Å². The number of anilines is 2. The van der Waals surface area contributed by atoms with Crippen LogP contribution in [-0.2, 0) is 4.79 Å². The van der Waals surface area contributed by atoms with E-state index >= 15 is 8.78 Å². The van der Waals surface area contributed by atoms with E-state index in [9.17, 15) is 14.7 Å². The number of halogens is 3. The molecule has 1 aromatic heterocycles. The number of carbonyl (C=O) groups is 2. The smallest absolute Gasteiger partial charge is 0.251 e. The summed E-state index contributed by atoms with van der Waals surface area (Å²) in [6, 6.07) is 11.2. The highest BCUT2D eigenvalue weighted by Gasteiger charge is 2.50. The van der Waals surface area contributed by atoms with Gasteiger partial charge >= 0.3 is 0 Å². The van der Waals surface area contributed by atoms with E-state index in [1.54, 1.807) is 25.1 Å². The first-order chi connectivity index (χ1) is 18.7. The molecule has 2 fully saturated rings. The van der Waals surface area contributed by atoms with Gasteiger partial charge in [0.1, 0.15) is 35.1 Å². The number of nitrogens with zero attached hydrogens (tertiary/aromatic N) is 3. The lowest BCUT2D eigenvalue weighted by atomic mass is 9.87. The lowest BCUT2D eigenvalue weighted by Crippen LogP contribution is -2.44. The van der Waals surface area contributed by atoms with E-state index in [-0.39, 0.29) is 22.7 Å². The number of methoxy groups -OCH3 is 1. The summed E-state index contributed by atoms with van der Waals surface area (Å²) < 4.78 is 35.7. The van der Waals surface area contributed by atoms with Gasteiger partial charge in [0, 0.05) is 53.3 Å². The van der Waals surface area contributed by atoms with Crippen LogP contribution in [0.25, 0.3) is 0 Å². The van der Waals surface area contributed by atoms with Crippen LogP contribution in [0.4, 0.5) is 20.4 Å². The fourth-order valence-electron chi connectivity index (χ4n) is 5.32. The second-order valence-electron chi connectivity index (χ2n) is 9.68. The summed E-state index contributed by atoms with van der Waals surface area (Å²) in [6.45, 7) is 2.67. The molecule has 0 spiro atoms. The number of aromatic nitrogens is 1. The molecule has 0 saturated carbocycles. The summed E-state index contributed by atoms with van der Waals surface area (Å²) in [7, 11) is 1.30. The average molecular weight is 557 g/mol. The van der Waals surface area contributed by atoms with Crippen molar-refractivity contribution in [1.29, 1.82) is 0 Å². The molecular weight excluding hydrogens is 530 g/mol. The molecule has 11 heteroatoms. The standard InChI is InChI=1S/C28H27ClF2N4O4/c1-15-24(25-20(30)12-19(39-2)13-21(25)31)26(33-27(37)16-6-8-17(29)9-7-16)28(38)35(15)23-5-3-4-22(32-23)34-11-10-18(36)14-34/h3-9,12-13,15,18,24,26,36H,10-11,14H2,1-2H3,(H,33,37)/t15-,18-,24+,26+/m1/s1. The van der Waals surface area contributed by atoms with Crippen molar-refractivity contribution in [2.45, 2.75) is 37.5 Å². The Kier molecular flexibility index (Phi) is 7.42. The van der Waals surface area contributed by atoms with Gasteiger partial charge in [-0.05, 0) is 49.7 Å². The summed E-state index contributed by atoms with van der Waals surface area (Å²) in [5.41, 5.74) is -0.0974.